The van der Waals surface area contributed by atoms with Crippen LogP contribution in [0.4, 0.5) is 5.69 Å². The Balaban J connectivity index is 2.60. The molecule has 0 heterocycles. The van der Waals surface area contributed by atoms with Gasteiger partial charge in [0.15, 0.2) is 0 Å². The van der Waals surface area contributed by atoms with E-state index in [0.29, 0.717) is 12.1 Å². The normalized spacial score (nSPS) is 12.2. The summed E-state index contributed by atoms with van der Waals surface area (Å²) in [5, 5.41) is 7.98. The van der Waals surface area contributed by atoms with Crippen molar-refractivity contribution >= 4 is 23.4 Å². The Labute approximate surface area is 137 Å². The summed E-state index contributed by atoms with van der Waals surface area (Å²) in [5.41, 5.74) is 0.930. The molecule has 0 saturated heterocycles. The summed E-state index contributed by atoms with van der Waals surface area (Å²) in [5.74, 6) is -0.539. The van der Waals surface area contributed by atoms with Gasteiger partial charge >= 0.3 is 0 Å². The largest absolute Gasteiger partial charge is 0.359 e. The standard InChI is InChI=1S/C17H25N3O3/c1-11(19-16(23)17(2,3)4)15(22)20-13-8-6-12(7-9-13)10-14(21)18-5/h6-9,11H,10H2,1-5H3,(H,18,21)(H,19,23)(H,20,22). The molecule has 1 atom stereocenters. The summed E-state index contributed by atoms with van der Waals surface area (Å²) < 4.78 is 0. The van der Waals surface area contributed by atoms with E-state index in [0.717, 1.165) is 5.56 Å². The summed E-state index contributed by atoms with van der Waals surface area (Å²) in [6, 6.07) is 6.39. The highest BCUT2D eigenvalue weighted by Crippen LogP contribution is 2.14. The second-order valence-electron chi connectivity index (χ2n) is 6.48. The average Bonchev–Trinajstić information content (AvgIpc) is 2.47. The smallest absolute Gasteiger partial charge is 0.246 e. The second-order valence-corrected chi connectivity index (χ2v) is 6.48. The van der Waals surface area contributed by atoms with E-state index >= 15 is 0 Å². The lowest BCUT2D eigenvalue weighted by Gasteiger charge is -2.21. The van der Waals surface area contributed by atoms with E-state index in [1.165, 1.54) is 0 Å². The van der Waals surface area contributed by atoms with Crippen molar-refractivity contribution in [2.45, 2.75) is 40.2 Å². The maximum absolute atomic E-state index is 12.1. The van der Waals surface area contributed by atoms with Crippen LogP contribution in [-0.2, 0) is 20.8 Å². The van der Waals surface area contributed by atoms with Crippen LogP contribution in [0.5, 0.6) is 0 Å². The fourth-order valence-corrected chi connectivity index (χ4v) is 1.71. The molecule has 0 saturated carbocycles. The molecule has 3 amide bonds. The summed E-state index contributed by atoms with van der Waals surface area (Å²) in [4.78, 5) is 35.3. The molecule has 6 nitrogen and oxygen atoms in total. The Kier molecular flexibility index (Phi) is 6.30. The molecule has 0 spiro atoms. The molecule has 1 aromatic rings. The third-order valence-electron chi connectivity index (χ3n) is 3.29. The molecule has 1 rings (SSSR count). The average molecular weight is 319 g/mol. The quantitative estimate of drug-likeness (QED) is 0.768. The van der Waals surface area contributed by atoms with Crippen LogP contribution >= 0.6 is 0 Å². The molecule has 0 aliphatic heterocycles. The summed E-state index contributed by atoms with van der Waals surface area (Å²) in [7, 11) is 1.59. The Morgan fingerprint density at radius 1 is 1.09 bits per heavy atom. The number of carbonyl (C=O) groups excluding carboxylic acids is 3. The zero-order valence-electron chi connectivity index (χ0n) is 14.3. The van der Waals surface area contributed by atoms with Crippen molar-refractivity contribution in [2.75, 3.05) is 12.4 Å². The van der Waals surface area contributed by atoms with Gasteiger partial charge < -0.3 is 16.0 Å². The number of amides is 3. The van der Waals surface area contributed by atoms with Crippen LogP contribution in [0, 0.1) is 5.41 Å². The van der Waals surface area contributed by atoms with E-state index in [1.807, 2.05) is 0 Å². The van der Waals surface area contributed by atoms with E-state index in [9.17, 15) is 14.4 Å². The van der Waals surface area contributed by atoms with Gasteiger partial charge in [0.05, 0.1) is 6.42 Å². The van der Waals surface area contributed by atoms with Crippen molar-refractivity contribution in [3.8, 4) is 0 Å². The maximum Gasteiger partial charge on any atom is 0.246 e. The van der Waals surface area contributed by atoms with Crippen LogP contribution < -0.4 is 16.0 Å². The molecule has 3 N–H and O–H groups in total. The van der Waals surface area contributed by atoms with Gasteiger partial charge in [-0.2, -0.15) is 0 Å². The molecule has 6 heteroatoms. The lowest BCUT2D eigenvalue weighted by atomic mass is 9.95. The Bertz CT molecular complexity index is 574. The molecule has 0 aliphatic rings. The van der Waals surface area contributed by atoms with Gasteiger partial charge in [-0.25, -0.2) is 0 Å². The Morgan fingerprint density at radius 3 is 2.13 bits per heavy atom. The van der Waals surface area contributed by atoms with Gasteiger partial charge in [-0.1, -0.05) is 32.9 Å². The highest BCUT2D eigenvalue weighted by molar-refractivity contribution is 5.97. The predicted octanol–water partition coefficient (Wildman–Crippen LogP) is 1.46. The van der Waals surface area contributed by atoms with E-state index in [2.05, 4.69) is 16.0 Å². The number of hydrogen-bond acceptors (Lipinski definition) is 3. The van der Waals surface area contributed by atoms with Crippen molar-refractivity contribution in [3.63, 3.8) is 0 Å². The Hall–Kier alpha value is -2.37. The number of rotatable bonds is 5. The van der Waals surface area contributed by atoms with Gasteiger partial charge in [0, 0.05) is 18.2 Å². The number of nitrogens with one attached hydrogen (secondary N) is 3. The molecule has 1 aromatic carbocycles. The SMILES string of the molecule is CNC(=O)Cc1ccc(NC(=O)C(C)NC(=O)C(C)(C)C)cc1. The number of likely N-dealkylation sites (N-methyl/N-ethyl adjacent to an activating group) is 1. The summed E-state index contributed by atoms with van der Waals surface area (Å²) in [6.45, 7) is 7.01. The molecule has 126 valence electrons. The van der Waals surface area contributed by atoms with Crippen LogP contribution in [0.15, 0.2) is 24.3 Å². The van der Waals surface area contributed by atoms with Crippen LogP contribution in [0.2, 0.25) is 0 Å². The number of benzene rings is 1. The zero-order chi connectivity index (χ0) is 17.6. The lowest BCUT2D eigenvalue weighted by Crippen LogP contribution is -2.46. The first kappa shape index (κ1) is 18.7. The number of carbonyl (C=O) groups is 3. The first-order valence-electron chi connectivity index (χ1n) is 7.55. The molecular weight excluding hydrogens is 294 g/mol. The maximum atomic E-state index is 12.1. The van der Waals surface area contributed by atoms with Crippen molar-refractivity contribution in [1.29, 1.82) is 0 Å². The first-order chi connectivity index (χ1) is 10.6. The Morgan fingerprint density at radius 2 is 1.65 bits per heavy atom. The molecule has 23 heavy (non-hydrogen) atoms. The van der Waals surface area contributed by atoms with Gasteiger partial charge in [-0.3, -0.25) is 14.4 Å². The van der Waals surface area contributed by atoms with Crippen molar-refractivity contribution in [1.82, 2.24) is 10.6 Å². The minimum atomic E-state index is -0.632. The highest BCUT2D eigenvalue weighted by atomic mass is 16.2. The second kappa shape index (κ2) is 7.76. The molecule has 1 unspecified atom stereocenters. The topological polar surface area (TPSA) is 87.3 Å². The van der Waals surface area contributed by atoms with E-state index in [4.69, 9.17) is 0 Å². The van der Waals surface area contributed by atoms with Crippen LogP contribution in [-0.4, -0.2) is 30.8 Å². The predicted molar refractivity (Wildman–Crippen MR) is 89.9 cm³/mol. The minimum Gasteiger partial charge on any atom is -0.359 e. The number of anilines is 1. The number of hydrogen-bond donors (Lipinski definition) is 3. The van der Waals surface area contributed by atoms with E-state index in [-0.39, 0.29) is 17.7 Å². The minimum absolute atomic E-state index is 0.0692. The molecule has 0 bridgehead atoms. The van der Waals surface area contributed by atoms with Crippen molar-refractivity contribution in [3.05, 3.63) is 29.8 Å². The zero-order valence-corrected chi connectivity index (χ0v) is 14.3. The first-order valence-corrected chi connectivity index (χ1v) is 7.55. The van der Waals surface area contributed by atoms with Crippen molar-refractivity contribution in [2.24, 2.45) is 5.41 Å². The van der Waals surface area contributed by atoms with Gasteiger partial charge in [0.2, 0.25) is 17.7 Å². The van der Waals surface area contributed by atoms with Gasteiger partial charge in [-0.15, -0.1) is 0 Å². The third-order valence-corrected chi connectivity index (χ3v) is 3.29. The fourth-order valence-electron chi connectivity index (χ4n) is 1.71. The molecule has 0 fully saturated rings. The summed E-state index contributed by atoms with van der Waals surface area (Å²) in [6.07, 6.45) is 0.294. The third kappa shape index (κ3) is 6.10. The van der Waals surface area contributed by atoms with Crippen LogP contribution in [0.25, 0.3) is 0 Å². The fraction of sp³-hybridized carbons (Fsp3) is 0.471. The highest BCUT2D eigenvalue weighted by Gasteiger charge is 2.25. The van der Waals surface area contributed by atoms with Gasteiger partial charge in [0.25, 0.3) is 0 Å². The van der Waals surface area contributed by atoms with Gasteiger partial charge in [0.1, 0.15) is 6.04 Å². The van der Waals surface area contributed by atoms with Crippen molar-refractivity contribution < 1.29 is 14.4 Å². The lowest BCUT2D eigenvalue weighted by molar-refractivity contribution is -0.131. The summed E-state index contributed by atoms with van der Waals surface area (Å²) >= 11 is 0. The van der Waals surface area contributed by atoms with E-state index < -0.39 is 11.5 Å². The van der Waals surface area contributed by atoms with Gasteiger partial charge in [-0.05, 0) is 24.6 Å². The molecule has 0 aromatic heterocycles. The van der Waals surface area contributed by atoms with Crippen LogP contribution in [0.3, 0.4) is 0 Å². The molecule has 0 radical (unpaired) electrons. The monoisotopic (exact) mass is 319 g/mol. The van der Waals surface area contributed by atoms with Crippen LogP contribution in [0.1, 0.15) is 33.3 Å². The molecule has 0 aliphatic carbocycles. The van der Waals surface area contributed by atoms with E-state index in [1.54, 1.807) is 59.0 Å². The molecular formula is C17H25N3O3.